The smallest absolute Gasteiger partial charge is 0.379 e. The number of nitrogens with zero attached hydrogens (tertiary/aromatic N) is 3. The van der Waals surface area contributed by atoms with Crippen molar-refractivity contribution < 1.29 is 22.7 Å². The van der Waals surface area contributed by atoms with Crippen LogP contribution in [0.3, 0.4) is 0 Å². The van der Waals surface area contributed by atoms with Gasteiger partial charge >= 0.3 is 6.18 Å². The van der Waals surface area contributed by atoms with Gasteiger partial charge in [0.05, 0.1) is 13.2 Å². The van der Waals surface area contributed by atoms with E-state index >= 15 is 0 Å². The molecule has 1 aliphatic rings. The highest BCUT2D eigenvalue weighted by molar-refractivity contribution is 5.84. The molecule has 1 unspecified atom stereocenters. The fourth-order valence-corrected chi connectivity index (χ4v) is 3.50. The van der Waals surface area contributed by atoms with Gasteiger partial charge in [-0.1, -0.05) is 26.7 Å². The van der Waals surface area contributed by atoms with Crippen LogP contribution >= 0.6 is 0 Å². The van der Waals surface area contributed by atoms with Crippen LogP contribution in [0.1, 0.15) is 33.6 Å². The second-order valence-corrected chi connectivity index (χ2v) is 7.23. The Hall–Kier alpha value is -1.55. The van der Waals surface area contributed by atoms with Gasteiger partial charge in [-0.25, -0.2) is 4.99 Å². The summed E-state index contributed by atoms with van der Waals surface area (Å²) in [7, 11) is 1.13. The number of ether oxygens (including phenoxy) is 1. The van der Waals surface area contributed by atoms with Crippen LogP contribution in [0.5, 0.6) is 0 Å². The molecule has 10 heteroatoms. The van der Waals surface area contributed by atoms with Gasteiger partial charge in [0.2, 0.25) is 5.91 Å². The Morgan fingerprint density at radius 3 is 2.31 bits per heavy atom. The van der Waals surface area contributed by atoms with E-state index in [0.717, 1.165) is 33.0 Å². The maximum atomic E-state index is 12.4. The van der Waals surface area contributed by atoms with Gasteiger partial charge in [-0.05, 0) is 12.8 Å². The van der Waals surface area contributed by atoms with Gasteiger partial charge in [-0.3, -0.25) is 9.69 Å². The molecule has 7 nitrogen and oxygen atoms in total. The Morgan fingerprint density at radius 1 is 1.17 bits per heavy atom. The van der Waals surface area contributed by atoms with Crippen LogP contribution < -0.4 is 10.6 Å². The highest BCUT2D eigenvalue weighted by atomic mass is 19.4. The molecule has 1 atom stereocenters. The summed E-state index contributed by atoms with van der Waals surface area (Å²) in [6.07, 6.45) is -2.32. The SMILES string of the molecule is CCNC(=NCC(=O)N(C)CC(F)(F)F)NCC(C(CC)CC)N1CCOCC1. The minimum Gasteiger partial charge on any atom is -0.379 e. The number of morpholine rings is 1. The molecule has 1 fully saturated rings. The molecule has 2 N–H and O–H groups in total. The van der Waals surface area contributed by atoms with Gasteiger partial charge in [-0.2, -0.15) is 13.2 Å². The highest BCUT2D eigenvalue weighted by Gasteiger charge is 2.31. The number of hydrogen-bond donors (Lipinski definition) is 2. The third-order valence-electron chi connectivity index (χ3n) is 5.15. The quantitative estimate of drug-likeness (QED) is 0.414. The molecule has 1 rings (SSSR count). The Balaban J connectivity index is 2.73. The van der Waals surface area contributed by atoms with Crippen LogP contribution in [0, 0.1) is 5.92 Å². The average molecular weight is 424 g/mol. The van der Waals surface area contributed by atoms with Gasteiger partial charge in [-0.15, -0.1) is 0 Å². The summed E-state index contributed by atoms with van der Waals surface area (Å²) in [4.78, 5) is 19.2. The summed E-state index contributed by atoms with van der Waals surface area (Å²) in [5.41, 5.74) is 0. The zero-order valence-electron chi connectivity index (χ0n) is 18.0. The summed E-state index contributed by atoms with van der Waals surface area (Å²) in [6.45, 7) is 9.04. The second-order valence-electron chi connectivity index (χ2n) is 7.23. The molecule has 0 aromatic heterocycles. The molecular formula is C19H36F3N5O2. The van der Waals surface area contributed by atoms with Crippen molar-refractivity contribution in [1.29, 1.82) is 0 Å². The first-order chi connectivity index (χ1) is 13.7. The monoisotopic (exact) mass is 423 g/mol. The van der Waals surface area contributed by atoms with E-state index in [4.69, 9.17) is 4.74 Å². The predicted molar refractivity (Wildman–Crippen MR) is 108 cm³/mol. The van der Waals surface area contributed by atoms with E-state index in [9.17, 15) is 18.0 Å². The normalized spacial score (nSPS) is 17.3. The van der Waals surface area contributed by atoms with Crippen molar-refractivity contribution >= 4 is 11.9 Å². The zero-order chi connectivity index (χ0) is 21.9. The van der Waals surface area contributed by atoms with Crippen LogP contribution in [-0.2, 0) is 9.53 Å². The number of carbonyl (C=O) groups excluding carboxylic acids is 1. The molecule has 1 amide bonds. The number of hydrogen-bond acceptors (Lipinski definition) is 4. The molecule has 1 aliphatic heterocycles. The van der Waals surface area contributed by atoms with Crippen LogP contribution in [0.25, 0.3) is 0 Å². The van der Waals surface area contributed by atoms with Crippen molar-refractivity contribution in [3.63, 3.8) is 0 Å². The fraction of sp³-hybridized carbons (Fsp3) is 0.895. The largest absolute Gasteiger partial charge is 0.406 e. The standard InChI is InChI=1S/C19H36F3N5O2/c1-5-15(6-2)16(27-8-10-29-11-9-27)12-24-18(23-7-3)25-13-17(28)26(4)14-19(20,21)22/h15-16H,5-14H2,1-4H3,(H2,23,24,25). The summed E-state index contributed by atoms with van der Waals surface area (Å²) >= 11 is 0. The van der Waals surface area contributed by atoms with Crippen molar-refractivity contribution in [2.45, 2.75) is 45.8 Å². The van der Waals surface area contributed by atoms with Crippen LogP contribution in [0.4, 0.5) is 13.2 Å². The lowest BCUT2D eigenvalue weighted by molar-refractivity contribution is -0.157. The van der Waals surface area contributed by atoms with Crippen molar-refractivity contribution in [2.75, 3.05) is 59.5 Å². The van der Waals surface area contributed by atoms with E-state index in [1.165, 1.54) is 0 Å². The number of likely N-dealkylation sites (N-methyl/N-ethyl adjacent to an activating group) is 1. The summed E-state index contributed by atoms with van der Waals surface area (Å²) in [5, 5.41) is 6.33. The lowest BCUT2D eigenvalue weighted by Crippen LogP contribution is -2.53. The zero-order valence-corrected chi connectivity index (χ0v) is 18.0. The predicted octanol–water partition coefficient (Wildman–Crippen LogP) is 1.70. The van der Waals surface area contributed by atoms with Crippen molar-refractivity contribution in [3.8, 4) is 0 Å². The number of nitrogens with one attached hydrogen (secondary N) is 2. The fourth-order valence-electron chi connectivity index (χ4n) is 3.50. The highest BCUT2D eigenvalue weighted by Crippen LogP contribution is 2.19. The first kappa shape index (κ1) is 25.5. The van der Waals surface area contributed by atoms with Crippen LogP contribution in [0.2, 0.25) is 0 Å². The molecule has 0 saturated carbocycles. The van der Waals surface area contributed by atoms with Crippen molar-refractivity contribution in [2.24, 2.45) is 10.9 Å². The number of aliphatic imine (C=N–C) groups is 1. The first-order valence-electron chi connectivity index (χ1n) is 10.4. The number of carbonyl (C=O) groups is 1. The van der Waals surface area contributed by atoms with E-state index in [-0.39, 0.29) is 6.54 Å². The number of alkyl halides is 3. The minimum atomic E-state index is -4.42. The van der Waals surface area contributed by atoms with E-state index in [1.54, 1.807) is 0 Å². The Kier molecular flexibility index (Phi) is 11.3. The molecule has 0 radical (unpaired) electrons. The molecular weight excluding hydrogens is 387 g/mol. The summed E-state index contributed by atoms with van der Waals surface area (Å²) in [5.74, 6) is 0.262. The van der Waals surface area contributed by atoms with Gasteiger partial charge < -0.3 is 20.3 Å². The molecule has 0 aromatic rings. The van der Waals surface area contributed by atoms with Crippen LogP contribution in [0.15, 0.2) is 4.99 Å². The third kappa shape index (κ3) is 9.66. The lowest BCUT2D eigenvalue weighted by Gasteiger charge is -2.39. The second kappa shape index (κ2) is 12.9. The van der Waals surface area contributed by atoms with Gasteiger partial charge in [0, 0.05) is 39.3 Å². The molecule has 0 aliphatic carbocycles. The maximum absolute atomic E-state index is 12.4. The van der Waals surface area contributed by atoms with Gasteiger partial charge in [0.1, 0.15) is 13.1 Å². The topological polar surface area (TPSA) is 69.2 Å². The Bertz CT molecular complexity index is 507. The number of halogens is 3. The van der Waals surface area contributed by atoms with Crippen LogP contribution in [-0.4, -0.2) is 93.4 Å². The van der Waals surface area contributed by atoms with E-state index in [1.807, 2.05) is 6.92 Å². The Labute approximate surface area is 172 Å². The molecule has 170 valence electrons. The Morgan fingerprint density at radius 2 is 1.79 bits per heavy atom. The maximum Gasteiger partial charge on any atom is 0.406 e. The molecule has 1 saturated heterocycles. The molecule has 0 spiro atoms. The van der Waals surface area contributed by atoms with Gasteiger partial charge in [0.25, 0.3) is 0 Å². The van der Waals surface area contributed by atoms with E-state index in [0.29, 0.717) is 49.1 Å². The molecule has 29 heavy (non-hydrogen) atoms. The third-order valence-corrected chi connectivity index (χ3v) is 5.15. The molecule has 1 heterocycles. The first-order valence-corrected chi connectivity index (χ1v) is 10.4. The van der Waals surface area contributed by atoms with Crippen molar-refractivity contribution in [1.82, 2.24) is 20.4 Å². The minimum absolute atomic E-state index is 0.293. The lowest BCUT2D eigenvalue weighted by atomic mass is 9.92. The number of amides is 1. The van der Waals surface area contributed by atoms with E-state index in [2.05, 4.69) is 34.4 Å². The summed E-state index contributed by atoms with van der Waals surface area (Å²) in [6, 6.07) is 0.293. The average Bonchev–Trinajstić information content (AvgIpc) is 2.68. The molecule has 0 aromatic carbocycles. The van der Waals surface area contributed by atoms with Gasteiger partial charge in [0.15, 0.2) is 5.96 Å². The number of guanidine groups is 1. The van der Waals surface area contributed by atoms with Crippen molar-refractivity contribution in [3.05, 3.63) is 0 Å². The summed E-state index contributed by atoms with van der Waals surface area (Å²) < 4.78 is 42.8. The molecule has 0 bridgehead atoms. The van der Waals surface area contributed by atoms with E-state index < -0.39 is 18.6 Å². The number of rotatable bonds is 10.